The number of aliphatic imine (C=N–C) groups is 1. The fourth-order valence-corrected chi connectivity index (χ4v) is 3.66. The maximum atomic E-state index is 5.44. The first kappa shape index (κ1) is 24.0. The summed E-state index contributed by atoms with van der Waals surface area (Å²) >= 11 is 0. The lowest BCUT2D eigenvalue weighted by Crippen LogP contribution is -2.45. The van der Waals surface area contributed by atoms with Gasteiger partial charge in [0.15, 0.2) is 11.8 Å². The van der Waals surface area contributed by atoms with Gasteiger partial charge in [-0.2, -0.15) is 0 Å². The van der Waals surface area contributed by atoms with Gasteiger partial charge in [0.2, 0.25) is 0 Å². The molecule has 2 N–H and O–H groups in total. The normalized spacial score (nSPS) is 15.0. The van der Waals surface area contributed by atoms with Gasteiger partial charge in [-0.05, 0) is 32.4 Å². The number of guanidine groups is 1. The molecular formula is C23H38N8O. The predicted octanol–water partition coefficient (Wildman–Crippen LogP) is 1.41. The van der Waals surface area contributed by atoms with Gasteiger partial charge >= 0.3 is 0 Å². The lowest BCUT2D eigenvalue weighted by Gasteiger charge is -2.27. The number of rotatable bonds is 11. The average molecular weight is 443 g/mol. The second-order valence-corrected chi connectivity index (χ2v) is 7.96. The highest BCUT2D eigenvalue weighted by atomic mass is 16.5. The van der Waals surface area contributed by atoms with E-state index < -0.39 is 0 Å². The molecule has 0 aliphatic carbocycles. The summed E-state index contributed by atoms with van der Waals surface area (Å²) in [5.41, 5.74) is 1.27. The topological polar surface area (TPSA) is 82.8 Å². The average Bonchev–Trinajstić information content (AvgIpc) is 3.15. The molecule has 1 fully saturated rings. The molecular weight excluding hydrogens is 404 g/mol. The Kier molecular flexibility index (Phi) is 9.77. The largest absolute Gasteiger partial charge is 0.379 e. The van der Waals surface area contributed by atoms with Gasteiger partial charge in [-0.3, -0.25) is 4.90 Å². The van der Waals surface area contributed by atoms with Gasteiger partial charge in [0, 0.05) is 58.5 Å². The third kappa shape index (κ3) is 7.49. The van der Waals surface area contributed by atoms with Crippen LogP contribution in [0.15, 0.2) is 35.3 Å². The molecule has 176 valence electrons. The van der Waals surface area contributed by atoms with Crippen LogP contribution in [0.1, 0.15) is 25.0 Å². The van der Waals surface area contributed by atoms with Gasteiger partial charge in [-0.25, -0.2) is 4.99 Å². The van der Waals surface area contributed by atoms with Crippen LogP contribution in [-0.4, -0.2) is 84.7 Å². The number of hydrogen-bond acceptors (Lipinski definition) is 6. The summed E-state index contributed by atoms with van der Waals surface area (Å²) in [5, 5.41) is 15.3. The summed E-state index contributed by atoms with van der Waals surface area (Å²) in [7, 11) is 1.97. The summed E-state index contributed by atoms with van der Waals surface area (Å²) in [6.07, 6.45) is 1.02. The molecule has 0 saturated carbocycles. The smallest absolute Gasteiger partial charge is 0.191 e. The second kappa shape index (κ2) is 13.0. The standard InChI is InChI=1S/C23H38N8O/c1-4-31(21-9-6-5-7-10-21)13-8-11-24-23(25-12-14-30-15-17-32-18-16-30)26-19-22-28-27-20(2)29(22)3/h5-7,9-10H,4,8,11-19H2,1-3H3,(H2,24,25,26). The third-order valence-electron chi connectivity index (χ3n) is 5.79. The van der Waals surface area contributed by atoms with E-state index in [-0.39, 0.29) is 0 Å². The zero-order valence-electron chi connectivity index (χ0n) is 19.8. The Labute approximate surface area is 191 Å². The molecule has 0 spiro atoms. The van der Waals surface area contributed by atoms with Crippen LogP contribution in [0, 0.1) is 6.92 Å². The number of ether oxygens (including phenoxy) is 1. The van der Waals surface area contributed by atoms with E-state index in [1.54, 1.807) is 0 Å². The van der Waals surface area contributed by atoms with Crippen LogP contribution >= 0.6 is 0 Å². The second-order valence-electron chi connectivity index (χ2n) is 7.96. The minimum Gasteiger partial charge on any atom is -0.379 e. The maximum absolute atomic E-state index is 5.44. The zero-order chi connectivity index (χ0) is 22.6. The maximum Gasteiger partial charge on any atom is 0.191 e. The molecule has 0 radical (unpaired) electrons. The Balaban J connectivity index is 1.49. The van der Waals surface area contributed by atoms with Crippen LogP contribution in [0.5, 0.6) is 0 Å². The number of aromatic nitrogens is 3. The van der Waals surface area contributed by atoms with E-state index in [0.29, 0.717) is 6.54 Å². The SMILES string of the molecule is CCN(CCCNC(=NCc1nnc(C)n1C)NCCN1CCOCC1)c1ccccc1. The van der Waals surface area contributed by atoms with Gasteiger partial charge in [0.25, 0.3) is 0 Å². The summed E-state index contributed by atoms with van der Waals surface area (Å²) in [6, 6.07) is 10.6. The van der Waals surface area contributed by atoms with Crippen molar-refractivity contribution in [3.05, 3.63) is 42.0 Å². The first-order valence-electron chi connectivity index (χ1n) is 11.6. The highest BCUT2D eigenvalue weighted by Crippen LogP contribution is 2.12. The first-order valence-corrected chi connectivity index (χ1v) is 11.6. The molecule has 3 rings (SSSR count). The highest BCUT2D eigenvalue weighted by Gasteiger charge is 2.10. The van der Waals surface area contributed by atoms with Crippen LogP contribution in [0.3, 0.4) is 0 Å². The molecule has 1 aromatic heterocycles. The molecule has 1 aromatic carbocycles. The molecule has 0 bridgehead atoms. The zero-order valence-corrected chi connectivity index (χ0v) is 19.8. The Morgan fingerprint density at radius 2 is 1.88 bits per heavy atom. The fourth-order valence-electron chi connectivity index (χ4n) is 3.66. The number of para-hydroxylation sites is 1. The molecule has 9 heteroatoms. The number of nitrogens with one attached hydrogen (secondary N) is 2. The molecule has 32 heavy (non-hydrogen) atoms. The van der Waals surface area contributed by atoms with Crippen molar-refractivity contribution in [1.82, 2.24) is 30.3 Å². The third-order valence-corrected chi connectivity index (χ3v) is 5.79. The molecule has 2 aromatic rings. The van der Waals surface area contributed by atoms with Crippen molar-refractivity contribution in [3.63, 3.8) is 0 Å². The quantitative estimate of drug-likeness (QED) is 0.309. The first-order chi connectivity index (χ1) is 15.7. The lowest BCUT2D eigenvalue weighted by molar-refractivity contribution is 0.0389. The molecule has 2 heterocycles. The number of aryl methyl sites for hydroxylation is 1. The van der Waals surface area contributed by atoms with E-state index >= 15 is 0 Å². The van der Waals surface area contributed by atoms with Crippen LogP contribution in [0.4, 0.5) is 5.69 Å². The van der Waals surface area contributed by atoms with Crippen molar-refractivity contribution in [2.24, 2.45) is 12.0 Å². The predicted molar refractivity (Wildman–Crippen MR) is 129 cm³/mol. The van der Waals surface area contributed by atoms with Gasteiger partial charge in [-0.15, -0.1) is 10.2 Å². The Bertz CT molecular complexity index is 817. The van der Waals surface area contributed by atoms with E-state index in [9.17, 15) is 0 Å². The lowest BCUT2D eigenvalue weighted by atomic mass is 10.2. The van der Waals surface area contributed by atoms with Crippen molar-refractivity contribution in [2.45, 2.75) is 26.8 Å². The Morgan fingerprint density at radius 1 is 1.12 bits per heavy atom. The molecule has 0 unspecified atom stereocenters. The summed E-state index contributed by atoms with van der Waals surface area (Å²) in [4.78, 5) is 9.57. The number of hydrogen-bond donors (Lipinski definition) is 2. The van der Waals surface area contributed by atoms with Crippen LogP contribution in [-0.2, 0) is 18.3 Å². The minimum absolute atomic E-state index is 0.495. The van der Waals surface area contributed by atoms with Crippen molar-refractivity contribution in [2.75, 3.05) is 63.9 Å². The highest BCUT2D eigenvalue weighted by molar-refractivity contribution is 5.79. The Hall–Kier alpha value is -2.65. The van der Waals surface area contributed by atoms with E-state index in [1.807, 2.05) is 18.5 Å². The van der Waals surface area contributed by atoms with Gasteiger partial charge in [0.05, 0.1) is 13.2 Å². The van der Waals surface area contributed by atoms with Crippen LogP contribution in [0.25, 0.3) is 0 Å². The van der Waals surface area contributed by atoms with Crippen molar-refractivity contribution >= 4 is 11.6 Å². The van der Waals surface area contributed by atoms with E-state index in [1.165, 1.54) is 5.69 Å². The molecule has 0 amide bonds. The van der Waals surface area contributed by atoms with Crippen molar-refractivity contribution in [1.29, 1.82) is 0 Å². The molecule has 9 nitrogen and oxygen atoms in total. The van der Waals surface area contributed by atoms with Gasteiger partial charge in [-0.1, -0.05) is 18.2 Å². The number of anilines is 1. The molecule has 1 saturated heterocycles. The van der Waals surface area contributed by atoms with E-state index in [2.05, 4.69) is 67.9 Å². The summed E-state index contributed by atoms with van der Waals surface area (Å²) in [6.45, 7) is 12.9. The molecule has 1 aliphatic rings. The van der Waals surface area contributed by atoms with Crippen LogP contribution < -0.4 is 15.5 Å². The van der Waals surface area contributed by atoms with E-state index in [0.717, 1.165) is 83.1 Å². The number of benzene rings is 1. The van der Waals surface area contributed by atoms with Crippen molar-refractivity contribution in [3.8, 4) is 0 Å². The molecule has 1 aliphatic heterocycles. The van der Waals surface area contributed by atoms with Gasteiger partial charge in [0.1, 0.15) is 12.4 Å². The van der Waals surface area contributed by atoms with Crippen molar-refractivity contribution < 1.29 is 4.74 Å². The molecule has 0 atom stereocenters. The van der Waals surface area contributed by atoms with E-state index in [4.69, 9.17) is 9.73 Å². The fraction of sp³-hybridized carbons (Fsp3) is 0.609. The minimum atomic E-state index is 0.495. The summed E-state index contributed by atoms with van der Waals surface area (Å²) in [5.74, 6) is 2.57. The van der Waals surface area contributed by atoms with Crippen LogP contribution in [0.2, 0.25) is 0 Å². The number of morpholine rings is 1. The Morgan fingerprint density at radius 3 is 2.56 bits per heavy atom. The summed E-state index contributed by atoms with van der Waals surface area (Å²) < 4.78 is 7.42. The number of nitrogens with zero attached hydrogens (tertiary/aromatic N) is 6. The van der Waals surface area contributed by atoms with Gasteiger partial charge < -0.3 is 24.8 Å². The monoisotopic (exact) mass is 442 g/mol.